The summed E-state index contributed by atoms with van der Waals surface area (Å²) < 4.78 is 0. The summed E-state index contributed by atoms with van der Waals surface area (Å²) in [5.74, 6) is 0. The van der Waals surface area contributed by atoms with Crippen molar-refractivity contribution < 1.29 is 25.8 Å². The number of rotatable bonds is 4. The van der Waals surface area contributed by atoms with Crippen molar-refractivity contribution in [2.24, 2.45) is 0 Å². The van der Waals surface area contributed by atoms with Crippen molar-refractivity contribution in [3.63, 3.8) is 0 Å². The van der Waals surface area contributed by atoms with Gasteiger partial charge in [0.25, 0.3) is 0 Å². The summed E-state index contributed by atoms with van der Waals surface area (Å²) in [6.45, 7) is 4.51. The molecule has 1 aliphatic carbocycles. The Morgan fingerprint density at radius 2 is 1.69 bits per heavy atom. The molecule has 1 aromatic rings. The van der Waals surface area contributed by atoms with E-state index < -0.39 is 0 Å². The molecule has 0 radical (unpaired) electrons. The summed E-state index contributed by atoms with van der Waals surface area (Å²) in [4.78, 5) is 0. The van der Waals surface area contributed by atoms with Crippen LogP contribution in [-0.2, 0) is 45.1 Å². The fourth-order valence-corrected chi connectivity index (χ4v) is 2.32. The molecule has 1 aromatic carbocycles. The third kappa shape index (κ3) is 2.94. The van der Waals surface area contributed by atoms with E-state index in [1.165, 1.54) is 36.8 Å². The summed E-state index contributed by atoms with van der Waals surface area (Å²) in [5, 5.41) is 0. The summed E-state index contributed by atoms with van der Waals surface area (Å²) >= 11 is 0. The van der Waals surface area contributed by atoms with Gasteiger partial charge in [-0.25, -0.2) is 6.08 Å². The van der Waals surface area contributed by atoms with Crippen molar-refractivity contribution in [1.29, 1.82) is 0 Å². The third-order valence-corrected chi connectivity index (χ3v) is 3.05. The van der Waals surface area contributed by atoms with Gasteiger partial charge in [0.15, 0.2) is 0 Å². The van der Waals surface area contributed by atoms with Crippen LogP contribution in [0.1, 0.15) is 48.9 Å². The van der Waals surface area contributed by atoms with Gasteiger partial charge in [0.1, 0.15) is 0 Å². The Morgan fingerprint density at radius 3 is 2.31 bits per heavy atom. The molecule has 0 unspecified atom stereocenters. The van der Waals surface area contributed by atoms with Crippen molar-refractivity contribution in [2.75, 3.05) is 0 Å². The molecular weight excluding hydrogens is 359 g/mol. The molecule has 0 fully saturated rings. The van der Waals surface area contributed by atoms with E-state index in [1.807, 2.05) is 0 Å². The van der Waals surface area contributed by atoms with Gasteiger partial charge in [-0.2, -0.15) is 5.56 Å². The second-order valence-electron chi connectivity index (χ2n) is 4.34. The summed E-state index contributed by atoms with van der Waals surface area (Å²) in [5.41, 5.74) is 5.99. The number of benzene rings is 1. The predicted octanol–water partition coefficient (Wildman–Crippen LogP) is 3.96. The minimum atomic E-state index is 0. The fourth-order valence-electron chi connectivity index (χ4n) is 2.32. The Kier molecular flexibility index (Phi) is 5.68. The van der Waals surface area contributed by atoms with Crippen LogP contribution in [-0.4, -0.2) is 0 Å². The Morgan fingerprint density at radius 1 is 1.06 bits per heavy atom. The van der Waals surface area contributed by atoms with E-state index in [9.17, 15) is 0 Å². The van der Waals surface area contributed by atoms with E-state index in [0.717, 1.165) is 6.42 Å². The van der Waals surface area contributed by atoms with E-state index in [2.05, 4.69) is 38.1 Å². The molecule has 1 aliphatic rings. The SMILES string of the molecule is CCCc1cc2c(cc1CCC)C[C-]=C2.[Hf]. The van der Waals surface area contributed by atoms with E-state index in [0.29, 0.717) is 0 Å². The molecule has 0 aliphatic heterocycles. The molecule has 0 amide bonds. The predicted molar refractivity (Wildman–Crippen MR) is 65.8 cm³/mol. The van der Waals surface area contributed by atoms with Crippen molar-refractivity contribution in [1.82, 2.24) is 0 Å². The van der Waals surface area contributed by atoms with E-state index in [4.69, 9.17) is 0 Å². The molecule has 84 valence electrons. The van der Waals surface area contributed by atoms with Crippen molar-refractivity contribution in [2.45, 2.75) is 46.0 Å². The number of allylic oxidation sites excluding steroid dienone is 1. The third-order valence-electron chi connectivity index (χ3n) is 3.05. The van der Waals surface area contributed by atoms with Crippen molar-refractivity contribution >= 4 is 6.08 Å². The minimum absolute atomic E-state index is 0. The zero-order valence-electron chi connectivity index (χ0n) is 10.3. The van der Waals surface area contributed by atoms with E-state index in [-0.39, 0.29) is 25.8 Å². The number of fused-ring (bicyclic) bond motifs is 1. The normalized spacial score (nSPS) is 12.4. The molecule has 0 heterocycles. The van der Waals surface area contributed by atoms with Crippen LogP contribution in [0.4, 0.5) is 0 Å². The van der Waals surface area contributed by atoms with Crippen LogP contribution in [0.25, 0.3) is 6.08 Å². The number of hydrogen-bond donors (Lipinski definition) is 0. The van der Waals surface area contributed by atoms with Gasteiger partial charge >= 0.3 is 0 Å². The van der Waals surface area contributed by atoms with Gasteiger partial charge in [-0.05, 0) is 18.4 Å². The zero-order chi connectivity index (χ0) is 10.7. The van der Waals surface area contributed by atoms with Gasteiger partial charge in [-0.3, -0.25) is 6.08 Å². The fraction of sp³-hybridized carbons (Fsp3) is 0.467. The van der Waals surface area contributed by atoms with Crippen LogP contribution < -0.4 is 0 Å². The first kappa shape index (κ1) is 13.9. The standard InChI is InChI=1S/C15H19.Hf/c1-3-6-12-10-14-8-5-9-15(14)11-13(12)7-4-2;/h8,10-11H,3-4,6-7,9H2,1-2H3;/q-1;. The largest absolute Gasteiger partial charge is 0.272 e. The zero-order valence-corrected chi connectivity index (χ0v) is 13.9. The Balaban J connectivity index is 0.00000128. The van der Waals surface area contributed by atoms with Crippen molar-refractivity contribution in [3.05, 3.63) is 40.5 Å². The van der Waals surface area contributed by atoms with Gasteiger partial charge in [0, 0.05) is 25.8 Å². The monoisotopic (exact) mass is 379 g/mol. The number of hydrogen-bond acceptors (Lipinski definition) is 0. The number of aryl methyl sites for hydroxylation is 2. The summed E-state index contributed by atoms with van der Waals surface area (Å²) in [7, 11) is 0. The van der Waals surface area contributed by atoms with Crippen molar-refractivity contribution in [3.8, 4) is 0 Å². The Labute approximate surface area is 118 Å². The van der Waals surface area contributed by atoms with E-state index in [1.54, 1.807) is 11.1 Å². The second-order valence-corrected chi connectivity index (χ2v) is 4.34. The molecule has 0 saturated heterocycles. The molecule has 0 atom stereocenters. The smallest absolute Gasteiger partial charge is 0 e. The van der Waals surface area contributed by atoms with Gasteiger partial charge in [0.05, 0.1) is 0 Å². The van der Waals surface area contributed by atoms with Crippen LogP contribution in [0, 0.1) is 6.08 Å². The maximum atomic E-state index is 3.30. The van der Waals surface area contributed by atoms with Crippen LogP contribution in [0.5, 0.6) is 0 Å². The molecule has 0 aromatic heterocycles. The molecule has 2 rings (SSSR count). The van der Waals surface area contributed by atoms with Crippen LogP contribution in [0.3, 0.4) is 0 Å². The first-order valence-corrected chi connectivity index (χ1v) is 6.06. The first-order valence-electron chi connectivity index (χ1n) is 6.06. The van der Waals surface area contributed by atoms with E-state index >= 15 is 0 Å². The Hall–Kier alpha value is -0.170. The molecule has 1 heteroatoms. The second kappa shape index (κ2) is 6.54. The quantitative estimate of drug-likeness (QED) is 0.550. The average molecular weight is 378 g/mol. The summed E-state index contributed by atoms with van der Waals surface area (Å²) in [6.07, 6.45) is 11.4. The molecule has 0 spiro atoms. The molecular formula is C15H19Hf-. The molecule has 16 heavy (non-hydrogen) atoms. The van der Waals surface area contributed by atoms with Crippen LogP contribution >= 0.6 is 0 Å². The maximum Gasteiger partial charge on any atom is 0 e. The molecule has 0 saturated carbocycles. The molecule has 0 N–H and O–H groups in total. The summed E-state index contributed by atoms with van der Waals surface area (Å²) in [6, 6.07) is 4.78. The molecule has 0 bridgehead atoms. The maximum absolute atomic E-state index is 3.30. The molecule has 0 nitrogen and oxygen atoms in total. The van der Waals surface area contributed by atoms with Gasteiger partial charge in [0.2, 0.25) is 0 Å². The Bertz CT molecular complexity index is 377. The first-order chi connectivity index (χ1) is 7.35. The van der Waals surface area contributed by atoms with Crippen LogP contribution in [0.15, 0.2) is 12.1 Å². The van der Waals surface area contributed by atoms with Crippen LogP contribution in [0.2, 0.25) is 0 Å². The minimum Gasteiger partial charge on any atom is -0.272 e. The van der Waals surface area contributed by atoms with Gasteiger partial charge in [-0.1, -0.05) is 38.3 Å². The topological polar surface area (TPSA) is 0 Å². The average Bonchev–Trinajstić information content (AvgIpc) is 2.66. The van der Waals surface area contributed by atoms with Gasteiger partial charge in [-0.15, -0.1) is 18.1 Å². The van der Waals surface area contributed by atoms with Gasteiger partial charge < -0.3 is 0 Å².